The summed E-state index contributed by atoms with van der Waals surface area (Å²) in [6.07, 6.45) is 1.25. The van der Waals surface area contributed by atoms with E-state index in [9.17, 15) is 4.79 Å². The van der Waals surface area contributed by atoms with Crippen molar-refractivity contribution in [1.29, 1.82) is 5.26 Å². The minimum atomic E-state index is -0.570. The second kappa shape index (κ2) is 8.60. The lowest BCUT2D eigenvalue weighted by atomic mass is 10.1. The number of amides is 1. The molecule has 0 radical (unpaired) electrons. The molecule has 2 rings (SSSR count). The average Bonchev–Trinajstić information content (AvgIpc) is 2.60. The lowest BCUT2D eigenvalue weighted by Crippen LogP contribution is -2.36. The van der Waals surface area contributed by atoms with Crippen molar-refractivity contribution in [2.45, 2.75) is 25.9 Å². The van der Waals surface area contributed by atoms with Gasteiger partial charge in [0.15, 0.2) is 6.10 Å². The third kappa shape index (κ3) is 5.48. The molecule has 4 nitrogen and oxygen atoms in total. The molecule has 1 N–H and O–H groups in total. The van der Waals surface area contributed by atoms with Crippen molar-refractivity contribution in [3.05, 3.63) is 65.7 Å². The van der Waals surface area contributed by atoms with E-state index in [2.05, 4.69) is 17.4 Å². The van der Waals surface area contributed by atoms with Crippen molar-refractivity contribution in [2.24, 2.45) is 0 Å². The van der Waals surface area contributed by atoms with Gasteiger partial charge in [0, 0.05) is 6.54 Å². The Morgan fingerprint density at radius 2 is 1.87 bits per heavy atom. The van der Waals surface area contributed by atoms with Crippen molar-refractivity contribution < 1.29 is 9.53 Å². The Hall–Kier alpha value is -2.80. The number of aryl methyl sites for hydroxylation is 1. The first kappa shape index (κ1) is 16.6. The smallest absolute Gasteiger partial charge is 0.260 e. The molecule has 0 saturated heterocycles. The monoisotopic (exact) mass is 308 g/mol. The first-order valence-corrected chi connectivity index (χ1v) is 7.67. The molecular weight excluding hydrogens is 288 g/mol. The number of benzene rings is 2. The van der Waals surface area contributed by atoms with Gasteiger partial charge >= 0.3 is 0 Å². The van der Waals surface area contributed by atoms with Crippen LogP contribution in [0.15, 0.2) is 54.6 Å². The third-order valence-electron chi connectivity index (χ3n) is 3.45. The van der Waals surface area contributed by atoms with Gasteiger partial charge in [-0.2, -0.15) is 5.26 Å². The Morgan fingerprint density at radius 1 is 1.17 bits per heavy atom. The molecule has 0 fully saturated rings. The van der Waals surface area contributed by atoms with Crippen molar-refractivity contribution in [1.82, 2.24) is 5.32 Å². The van der Waals surface area contributed by atoms with Crippen LogP contribution < -0.4 is 10.1 Å². The second-order valence-electron chi connectivity index (χ2n) is 5.28. The Morgan fingerprint density at radius 3 is 2.52 bits per heavy atom. The lowest BCUT2D eigenvalue weighted by Gasteiger charge is -2.14. The third-order valence-corrected chi connectivity index (χ3v) is 3.45. The maximum atomic E-state index is 12.0. The molecule has 1 atom stereocenters. The van der Waals surface area contributed by atoms with Crippen LogP contribution in [0.25, 0.3) is 0 Å². The molecule has 1 amide bonds. The summed E-state index contributed by atoms with van der Waals surface area (Å²) in [5.41, 5.74) is 1.83. The molecule has 4 heteroatoms. The van der Waals surface area contributed by atoms with Crippen molar-refractivity contribution >= 4 is 5.91 Å². The molecule has 0 aliphatic heterocycles. The van der Waals surface area contributed by atoms with Crippen LogP contribution in [0.5, 0.6) is 5.75 Å². The highest BCUT2D eigenvalue weighted by molar-refractivity contribution is 5.80. The highest BCUT2D eigenvalue weighted by atomic mass is 16.5. The molecule has 118 valence electrons. The molecule has 0 spiro atoms. The Labute approximate surface area is 136 Å². The van der Waals surface area contributed by atoms with Crippen LogP contribution in [0.2, 0.25) is 0 Å². The zero-order chi connectivity index (χ0) is 16.5. The average molecular weight is 308 g/mol. The fourth-order valence-corrected chi connectivity index (χ4v) is 2.16. The number of carbonyl (C=O) groups is 1. The number of hydrogen-bond acceptors (Lipinski definition) is 3. The predicted molar refractivity (Wildman–Crippen MR) is 89.0 cm³/mol. The number of carbonyl (C=O) groups excluding carboxylic acids is 1. The molecule has 1 unspecified atom stereocenters. The van der Waals surface area contributed by atoms with E-state index >= 15 is 0 Å². The highest BCUT2D eigenvalue weighted by Gasteiger charge is 2.13. The SMILES string of the molecule is CC(Oc1ccc(C#N)cc1)C(=O)NCCCc1ccccc1. The fraction of sp³-hybridized carbons (Fsp3) is 0.263. The van der Waals surface area contributed by atoms with Gasteiger partial charge < -0.3 is 10.1 Å². The van der Waals surface area contributed by atoms with E-state index in [1.54, 1.807) is 31.2 Å². The topological polar surface area (TPSA) is 62.1 Å². The van der Waals surface area contributed by atoms with Crippen LogP contribution in [0.4, 0.5) is 0 Å². The van der Waals surface area contributed by atoms with E-state index in [1.165, 1.54) is 5.56 Å². The van der Waals surface area contributed by atoms with E-state index in [-0.39, 0.29) is 5.91 Å². The van der Waals surface area contributed by atoms with E-state index in [1.807, 2.05) is 24.3 Å². The summed E-state index contributed by atoms with van der Waals surface area (Å²) in [7, 11) is 0. The minimum Gasteiger partial charge on any atom is -0.481 e. The lowest BCUT2D eigenvalue weighted by molar-refractivity contribution is -0.127. The zero-order valence-electron chi connectivity index (χ0n) is 13.2. The van der Waals surface area contributed by atoms with Crippen LogP contribution in [0.1, 0.15) is 24.5 Å². The summed E-state index contributed by atoms with van der Waals surface area (Å²) < 4.78 is 5.57. The normalized spacial score (nSPS) is 11.3. The fourth-order valence-electron chi connectivity index (χ4n) is 2.16. The molecular formula is C19H20N2O2. The van der Waals surface area contributed by atoms with E-state index in [4.69, 9.17) is 10.00 Å². The summed E-state index contributed by atoms with van der Waals surface area (Å²) in [5.74, 6) is 0.443. The molecule has 0 heterocycles. The first-order valence-electron chi connectivity index (χ1n) is 7.67. The predicted octanol–water partition coefficient (Wildman–Crippen LogP) is 3.07. The van der Waals surface area contributed by atoms with Crippen LogP contribution in [-0.2, 0) is 11.2 Å². The van der Waals surface area contributed by atoms with Crippen LogP contribution in [0.3, 0.4) is 0 Å². The van der Waals surface area contributed by atoms with Gasteiger partial charge in [-0.25, -0.2) is 0 Å². The van der Waals surface area contributed by atoms with E-state index in [0.29, 0.717) is 17.9 Å². The number of nitriles is 1. The summed E-state index contributed by atoms with van der Waals surface area (Å²) in [4.78, 5) is 12.0. The Kier molecular flexibility index (Phi) is 6.19. The number of ether oxygens (including phenoxy) is 1. The van der Waals surface area contributed by atoms with Crippen molar-refractivity contribution in [3.63, 3.8) is 0 Å². The number of rotatable bonds is 7. The van der Waals surface area contributed by atoms with E-state index < -0.39 is 6.10 Å². The molecule has 2 aromatic rings. The quantitative estimate of drug-likeness (QED) is 0.800. The molecule has 0 aliphatic carbocycles. The van der Waals surface area contributed by atoms with Crippen LogP contribution in [0, 0.1) is 11.3 Å². The Balaban J connectivity index is 1.71. The largest absolute Gasteiger partial charge is 0.481 e. The molecule has 0 aliphatic rings. The van der Waals surface area contributed by atoms with Crippen molar-refractivity contribution in [2.75, 3.05) is 6.54 Å². The van der Waals surface area contributed by atoms with Gasteiger partial charge in [0.2, 0.25) is 0 Å². The molecule has 0 aromatic heterocycles. The van der Waals surface area contributed by atoms with Gasteiger partial charge in [0.05, 0.1) is 11.6 Å². The summed E-state index contributed by atoms with van der Waals surface area (Å²) in [5, 5.41) is 11.6. The van der Waals surface area contributed by atoms with Gasteiger partial charge in [0.1, 0.15) is 5.75 Å². The summed E-state index contributed by atoms with van der Waals surface area (Å²) >= 11 is 0. The second-order valence-corrected chi connectivity index (χ2v) is 5.28. The Bertz CT molecular complexity index is 660. The van der Waals surface area contributed by atoms with Gasteiger partial charge in [-0.05, 0) is 49.6 Å². The number of nitrogens with zero attached hydrogens (tertiary/aromatic N) is 1. The highest BCUT2D eigenvalue weighted by Crippen LogP contribution is 2.13. The number of nitrogens with one attached hydrogen (secondary N) is 1. The molecule has 2 aromatic carbocycles. The van der Waals surface area contributed by atoms with E-state index in [0.717, 1.165) is 12.8 Å². The van der Waals surface area contributed by atoms with Crippen molar-refractivity contribution in [3.8, 4) is 11.8 Å². The van der Waals surface area contributed by atoms with Gasteiger partial charge in [-0.15, -0.1) is 0 Å². The maximum absolute atomic E-state index is 12.0. The molecule has 0 saturated carbocycles. The zero-order valence-corrected chi connectivity index (χ0v) is 13.2. The standard InChI is InChI=1S/C19H20N2O2/c1-15(23-18-11-9-17(14-20)10-12-18)19(22)21-13-5-8-16-6-3-2-4-7-16/h2-4,6-7,9-12,15H,5,8,13H2,1H3,(H,21,22). The van der Waals surface area contributed by atoms with Crippen LogP contribution in [-0.4, -0.2) is 18.6 Å². The van der Waals surface area contributed by atoms with Gasteiger partial charge in [0.25, 0.3) is 5.91 Å². The first-order chi connectivity index (χ1) is 11.2. The summed E-state index contributed by atoms with van der Waals surface area (Å²) in [6.45, 7) is 2.33. The summed E-state index contributed by atoms with van der Waals surface area (Å²) in [6, 6.07) is 18.9. The van der Waals surface area contributed by atoms with Crippen LogP contribution >= 0.6 is 0 Å². The number of hydrogen-bond donors (Lipinski definition) is 1. The van der Waals surface area contributed by atoms with Gasteiger partial charge in [-0.1, -0.05) is 30.3 Å². The molecule has 0 bridgehead atoms. The molecule has 23 heavy (non-hydrogen) atoms. The van der Waals surface area contributed by atoms with Gasteiger partial charge in [-0.3, -0.25) is 4.79 Å². The minimum absolute atomic E-state index is 0.137. The maximum Gasteiger partial charge on any atom is 0.260 e.